The Bertz CT molecular complexity index is 579. The normalized spacial score (nSPS) is 10.4. The van der Waals surface area contributed by atoms with Crippen LogP contribution in [0.5, 0.6) is 0 Å². The molecule has 0 spiro atoms. The van der Waals surface area contributed by atoms with Crippen molar-refractivity contribution in [2.75, 3.05) is 5.32 Å². The van der Waals surface area contributed by atoms with E-state index in [9.17, 15) is 4.79 Å². The number of carbonyl (C=O) groups excluding carboxylic acids is 1. The first kappa shape index (κ1) is 12.8. The fourth-order valence-corrected chi connectivity index (χ4v) is 2.75. The third kappa shape index (κ3) is 2.62. The van der Waals surface area contributed by atoms with Gasteiger partial charge in [-0.15, -0.1) is 11.3 Å². The van der Waals surface area contributed by atoms with Crippen molar-refractivity contribution in [1.29, 1.82) is 0 Å². The maximum atomic E-state index is 12.1. The van der Waals surface area contributed by atoms with Crippen LogP contribution in [0.4, 0.5) is 5.69 Å². The molecule has 1 aromatic carbocycles. The highest BCUT2D eigenvalue weighted by molar-refractivity contribution is 7.14. The Morgan fingerprint density at radius 2 is 1.78 bits per heavy atom. The molecule has 2 rings (SSSR count). The van der Waals surface area contributed by atoms with E-state index < -0.39 is 0 Å². The lowest BCUT2D eigenvalue weighted by Crippen LogP contribution is -2.11. The second-order valence-corrected chi connectivity index (χ2v) is 5.88. The van der Waals surface area contributed by atoms with E-state index >= 15 is 0 Å². The molecule has 1 aromatic heterocycles. The third-order valence-corrected chi connectivity index (χ3v) is 4.17. The molecule has 0 saturated heterocycles. The van der Waals surface area contributed by atoms with Crippen molar-refractivity contribution in [3.63, 3.8) is 0 Å². The van der Waals surface area contributed by atoms with Gasteiger partial charge in [0.25, 0.3) is 5.91 Å². The minimum absolute atomic E-state index is 0.0249. The van der Waals surface area contributed by atoms with Crippen molar-refractivity contribution in [3.05, 3.63) is 50.7 Å². The van der Waals surface area contributed by atoms with Gasteiger partial charge < -0.3 is 5.32 Å². The Labute approximate surface area is 112 Å². The molecular formula is C15H17NOS. The number of rotatable bonds is 2. The lowest BCUT2D eigenvalue weighted by molar-refractivity contribution is 0.103. The van der Waals surface area contributed by atoms with Gasteiger partial charge in [0.05, 0.1) is 4.88 Å². The molecule has 2 nitrogen and oxygen atoms in total. The van der Waals surface area contributed by atoms with Gasteiger partial charge in [0.1, 0.15) is 0 Å². The molecule has 1 heterocycles. The zero-order valence-electron chi connectivity index (χ0n) is 11.1. The highest BCUT2D eigenvalue weighted by Gasteiger charge is 2.11. The second kappa shape index (κ2) is 4.94. The molecule has 2 aromatic rings. The summed E-state index contributed by atoms with van der Waals surface area (Å²) in [6.45, 7) is 8.12. The van der Waals surface area contributed by atoms with Crippen LogP contribution >= 0.6 is 11.3 Å². The third-order valence-electron chi connectivity index (χ3n) is 3.02. The van der Waals surface area contributed by atoms with Crippen LogP contribution in [0.25, 0.3) is 0 Å². The summed E-state index contributed by atoms with van der Waals surface area (Å²) >= 11 is 1.54. The predicted octanol–water partition coefficient (Wildman–Crippen LogP) is 4.23. The van der Waals surface area contributed by atoms with Gasteiger partial charge in [-0.1, -0.05) is 17.7 Å². The van der Waals surface area contributed by atoms with E-state index in [1.54, 1.807) is 0 Å². The number of carbonyl (C=O) groups is 1. The van der Waals surface area contributed by atoms with E-state index in [0.717, 1.165) is 16.1 Å². The minimum atomic E-state index is -0.0249. The number of anilines is 1. The number of benzene rings is 1. The molecule has 94 valence electrons. The first-order valence-electron chi connectivity index (χ1n) is 5.93. The van der Waals surface area contributed by atoms with Crippen molar-refractivity contribution in [1.82, 2.24) is 0 Å². The standard InChI is InChI=1S/C15H17NOS/c1-9-5-6-13(11(3)7-9)16-15(17)14-8-10(2)12(4)18-14/h5-8H,1-4H3,(H,16,17). The van der Waals surface area contributed by atoms with Gasteiger partial charge in [-0.3, -0.25) is 4.79 Å². The van der Waals surface area contributed by atoms with E-state index in [1.807, 2.05) is 45.9 Å². The zero-order chi connectivity index (χ0) is 13.3. The Morgan fingerprint density at radius 3 is 2.33 bits per heavy atom. The van der Waals surface area contributed by atoms with Gasteiger partial charge in [0.2, 0.25) is 0 Å². The lowest BCUT2D eigenvalue weighted by atomic mass is 10.1. The van der Waals surface area contributed by atoms with E-state index in [1.165, 1.54) is 27.3 Å². The first-order valence-corrected chi connectivity index (χ1v) is 6.74. The molecule has 0 aliphatic rings. The molecule has 0 bridgehead atoms. The van der Waals surface area contributed by atoms with Crippen LogP contribution in [0.1, 0.15) is 31.2 Å². The van der Waals surface area contributed by atoms with Crippen molar-refractivity contribution in [2.45, 2.75) is 27.7 Å². The summed E-state index contributed by atoms with van der Waals surface area (Å²) in [7, 11) is 0. The molecule has 0 unspecified atom stereocenters. The number of nitrogens with one attached hydrogen (secondary N) is 1. The Balaban J connectivity index is 2.21. The fraction of sp³-hybridized carbons (Fsp3) is 0.267. The smallest absolute Gasteiger partial charge is 0.265 e. The molecule has 1 N–H and O–H groups in total. The van der Waals surface area contributed by atoms with Crippen LogP contribution in [0.2, 0.25) is 0 Å². The molecule has 0 fully saturated rings. The molecule has 1 amide bonds. The van der Waals surface area contributed by atoms with Gasteiger partial charge in [-0.05, 0) is 51.0 Å². The Kier molecular flexibility index (Phi) is 3.53. The van der Waals surface area contributed by atoms with Gasteiger partial charge in [-0.2, -0.15) is 0 Å². The van der Waals surface area contributed by atoms with Crippen molar-refractivity contribution >= 4 is 22.9 Å². The van der Waals surface area contributed by atoms with Crippen molar-refractivity contribution < 1.29 is 4.79 Å². The lowest BCUT2D eigenvalue weighted by Gasteiger charge is -2.07. The molecule has 0 aliphatic heterocycles. The predicted molar refractivity (Wildman–Crippen MR) is 77.7 cm³/mol. The van der Waals surface area contributed by atoms with Gasteiger partial charge >= 0.3 is 0 Å². The number of hydrogen-bond acceptors (Lipinski definition) is 2. The molecule has 18 heavy (non-hydrogen) atoms. The number of amides is 1. The number of thiophene rings is 1. The summed E-state index contributed by atoms with van der Waals surface area (Å²) in [5, 5.41) is 2.97. The zero-order valence-corrected chi connectivity index (χ0v) is 11.9. The average molecular weight is 259 g/mol. The van der Waals surface area contributed by atoms with E-state index in [2.05, 4.69) is 11.4 Å². The number of hydrogen-bond donors (Lipinski definition) is 1. The Hall–Kier alpha value is -1.61. The largest absolute Gasteiger partial charge is 0.321 e. The molecule has 3 heteroatoms. The van der Waals surface area contributed by atoms with Crippen LogP contribution in [-0.4, -0.2) is 5.91 Å². The van der Waals surface area contributed by atoms with Crippen LogP contribution in [0.15, 0.2) is 24.3 Å². The molecule has 0 radical (unpaired) electrons. The topological polar surface area (TPSA) is 29.1 Å². The summed E-state index contributed by atoms with van der Waals surface area (Å²) in [4.78, 5) is 14.1. The van der Waals surface area contributed by atoms with E-state index in [-0.39, 0.29) is 5.91 Å². The SMILES string of the molecule is Cc1ccc(NC(=O)c2cc(C)c(C)s2)c(C)c1. The summed E-state index contributed by atoms with van der Waals surface area (Å²) in [5.74, 6) is -0.0249. The molecule has 0 saturated carbocycles. The van der Waals surface area contributed by atoms with Gasteiger partial charge in [0.15, 0.2) is 0 Å². The number of aryl methyl sites for hydroxylation is 4. The fourth-order valence-electron chi connectivity index (χ4n) is 1.82. The van der Waals surface area contributed by atoms with Crippen molar-refractivity contribution in [2.24, 2.45) is 0 Å². The summed E-state index contributed by atoms with van der Waals surface area (Å²) < 4.78 is 0. The quantitative estimate of drug-likeness (QED) is 0.859. The summed E-state index contributed by atoms with van der Waals surface area (Å²) in [6.07, 6.45) is 0. The Morgan fingerprint density at radius 1 is 1.06 bits per heavy atom. The highest BCUT2D eigenvalue weighted by Crippen LogP contribution is 2.23. The van der Waals surface area contributed by atoms with Crippen molar-refractivity contribution in [3.8, 4) is 0 Å². The van der Waals surface area contributed by atoms with Crippen LogP contribution < -0.4 is 5.32 Å². The molecule has 0 aliphatic carbocycles. The van der Waals surface area contributed by atoms with E-state index in [4.69, 9.17) is 0 Å². The first-order chi connectivity index (χ1) is 8.47. The second-order valence-electron chi connectivity index (χ2n) is 4.62. The maximum Gasteiger partial charge on any atom is 0.265 e. The van der Waals surface area contributed by atoms with Crippen LogP contribution in [0, 0.1) is 27.7 Å². The minimum Gasteiger partial charge on any atom is -0.321 e. The summed E-state index contributed by atoms with van der Waals surface area (Å²) in [5.41, 5.74) is 4.35. The molecule has 0 atom stereocenters. The van der Waals surface area contributed by atoms with Gasteiger partial charge in [-0.25, -0.2) is 0 Å². The monoisotopic (exact) mass is 259 g/mol. The molecular weight excluding hydrogens is 242 g/mol. The van der Waals surface area contributed by atoms with Gasteiger partial charge in [0, 0.05) is 10.6 Å². The van der Waals surface area contributed by atoms with Crippen LogP contribution in [-0.2, 0) is 0 Å². The highest BCUT2D eigenvalue weighted by atomic mass is 32.1. The summed E-state index contributed by atoms with van der Waals surface area (Å²) in [6, 6.07) is 7.98. The maximum absolute atomic E-state index is 12.1. The average Bonchev–Trinajstić information content (AvgIpc) is 2.63. The van der Waals surface area contributed by atoms with Crippen LogP contribution in [0.3, 0.4) is 0 Å². The van der Waals surface area contributed by atoms with E-state index in [0.29, 0.717) is 0 Å².